The van der Waals surface area contributed by atoms with Crippen molar-refractivity contribution in [2.75, 3.05) is 54.9 Å². The number of benzene rings is 1. The van der Waals surface area contributed by atoms with Gasteiger partial charge in [-0.1, -0.05) is 6.58 Å². The third kappa shape index (κ3) is 5.48. The van der Waals surface area contributed by atoms with Gasteiger partial charge in [0.05, 0.1) is 23.7 Å². The normalized spacial score (nSPS) is 13.8. The summed E-state index contributed by atoms with van der Waals surface area (Å²) in [5.74, 6) is -2.40. The number of hydrogen-bond donors (Lipinski definition) is 3. The van der Waals surface area contributed by atoms with Crippen molar-refractivity contribution in [1.29, 1.82) is 0 Å². The summed E-state index contributed by atoms with van der Waals surface area (Å²) in [6.45, 7) is 6.24. The number of halogens is 2. The maximum Gasteiger partial charge on any atom is 0.283 e. The number of aliphatic hydroxyl groups is 1. The number of carbonyl (C=O) groups is 1. The van der Waals surface area contributed by atoms with Crippen molar-refractivity contribution in [2.45, 2.75) is 0 Å². The van der Waals surface area contributed by atoms with Crippen molar-refractivity contribution in [2.24, 2.45) is 0 Å². The summed E-state index contributed by atoms with van der Waals surface area (Å²) in [6.07, 6.45) is 5.05. The van der Waals surface area contributed by atoms with Crippen LogP contribution in [0.2, 0.25) is 0 Å². The molecule has 1 saturated heterocycles. The number of piperazine rings is 1. The van der Waals surface area contributed by atoms with Crippen LogP contribution in [0.3, 0.4) is 0 Å². The fourth-order valence-corrected chi connectivity index (χ4v) is 4.36. The van der Waals surface area contributed by atoms with Crippen LogP contribution in [0.15, 0.2) is 60.4 Å². The van der Waals surface area contributed by atoms with Gasteiger partial charge in [0, 0.05) is 51.2 Å². The summed E-state index contributed by atoms with van der Waals surface area (Å²) in [7, 11) is 0. The summed E-state index contributed by atoms with van der Waals surface area (Å²) in [5, 5.41) is 14.4. The lowest BCUT2D eigenvalue weighted by Gasteiger charge is -2.36. The topological polar surface area (TPSA) is 141 Å². The van der Waals surface area contributed by atoms with E-state index in [9.17, 15) is 9.59 Å². The van der Waals surface area contributed by atoms with Crippen molar-refractivity contribution < 1.29 is 18.7 Å². The quantitative estimate of drug-likeness (QED) is 0.279. The second kappa shape index (κ2) is 11.5. The molecule has 0 spiro atoms. The maximum atomic E-state index is 15.1. The zero-order valence-corrected chi connectivity index (χ0v) is 21.2. The van der Waals surface area contributed by atoms with Gasteiger partial charge in [0.2, 0.25) is 11.9 Å². The third-order valence-electron chi connectivity index (χ3n) is 6.41. The van der Waals surface area contributed by atoms with E-state index in [0.29, 0.717) is 38.4 Å². The molecular formula is C26H25F2N9O3. The number of nitrogens with zero attached hydrogens (tertiary/aromatic N) is 7. The van der Waals surface area contributed by atoms with Gasteiger partial charge < -0.3 is 20.6 Å². The van der Waals surface area contributed by atoms with Gasteiger partial charge in [0.15, 0.2) is 17.3 Å². The minimum Gasteiger partial charge on any atom is -0.395 e. The van der Waals surface area contributed by atoms with Gasteiger partial charge in [-0.15, -0.1) is 0 Å². The number of carbonyl (C=O) groups excluding carboxylic acids is 1. The van der Waals surface area contributed by atoms with Crippen LogP contribution < -0.4 is 21.1 Å². The second-order valence-electron chi connectivity index (χ2n) is 8.88. The monoisotopic (exact) mass is 549 g/mol. The molecule has 0 atom stereocenters. The van der Waals surface area contributed by atoms with Crippen LogP contribution in [0.1, 0.15) is 0 Å². The van der Waals surface area contributed by atoms with E-state index in [2.05, 4.69) is 42.0 Å². The molecule has 14 heteroatoms. The first-order valence-electron chi connectivity index (χ1n) is 12.4. The Morgan fingerprint density at radius 1 is 1.10 bits per heavy atom. The lowest BCUT2D eigenvalue weighted by molar-refractivity contribution is -0.111. The molecule has 4 aromatic rings. The van der Waals surface area contributed by atoms with Crippen LogP contribution in [0.25, 0.3) is 16.7 Å². The highest BCUT2D eigenvalue weighted by Gasteiger charge is 2.23. The molecule has 0 unspecified atom stereocenters. The van der Waals surface area contributed by atoms with E-state index >= 15 is 8.78 Å². The fourth-order valence-electron chi connectivity index (χ4n) is 4.36. The number of anilines is 4. The van der Waals surface area contributed by atoms with Crippen molar-refractivity contribution in [1.82, 2.24) is 29.4 Å². The first-order valence-corrected chi connectivity index (χ1v) is 12.4. The van der Waals surface area contributed by atoms with Gasteiger partial charge in [-0.25, -0.2) is 18.7 Å². The van der Waals surface area contributed by atoms with Crippen LogP contribution in [0, 0.1) is 11.6 Å². The molecule has 1 aliphatic heterocycles. The number of aliphatic hydroxyl groups excluding tert-OH is 1. The molecule has 3 N–H and O–H groups in total. The van der Waals surface area contributed by atoms with E-state index in [0.717, 1.165) is 6.08 Å². The van der Waals surface area contributed by atoms with Crippen LogP contribution >= 0.6 is 0 Å². The maximum absolute atomic E-state index is 15.1. The Hall–Kier alpha value is -4.82. The van der Waals surface area contributed by atoms with E-state index in [4.69, 9.17) is 5.11 Å². The number of pyridine rings is 1. The molecule has 1 aliphatic rings. The molecule has 0 saturated carbocycles. The third-order valence-corrected chi connectivity index (χ3v) is 6.41. The van der Waals surface area contributed by atoms with E-state index in [-0.39, 0.29) is 40.8 Å². The summed E-state index contributed by atoms with van der Waals surface area (Å²) >= 11 is 0. The number of hydrogen-bond acceptors (Lipinski definition) is 10. The molecule has 3 aromatic heterocycles. The van der Waals surface area contributed by atoms with Gasteiger partial charge in [0.25, 0.3) is 5.56 Å². The SMILES string of the molecule is C=CC(=O)Nc1cc(-n2cnc(=O)c3cnc(Nc4ccc(N5CCN(CCO)CC5)c(F)c4F)nc32)ccn1. The highest BCUT2D eigenvalue weighted by atomic mass is 19.2. The number of β-amino-alcohol motifs (C(OH)–C–C–N with tert-alkyl or cyclic N) is 1. The molecule has 1 amide bonds. The lowest BCUT2D eigenvalue weighted by Crippen LogP contribution is -2.47. The van der Waals surface area contributed by atoms with Gasteiger partial charge in [-0.05, 0) is 24.3 Å². The minimum atomic E-state index is -1.09. The summed E-state index contributed by atoms with van der Waals surface area (Å²) < 4.78 is 31.7. The number of nitrogens with one attached hydrogen (secondary N) is 2. The minimum absolute atomic E-state index is 0.0460. The van der Waals surface area contributed by atoms with Gasteiger partial charge in [0.1, 0.15) is 17.5 Å². The first kappa shape index (κ1) is 26.8. The smallest absolute Gasteiger partial charge is 0.283 e. The molecule has 1 fully saturated rings. The van der Waals surface area contributed by atoms with Crippen LogP contribution in [-0.4, -0.2) is 79.7 Å². The van der Waals surface area contributed by atoms with Crippen molar-refractivity contribution >= 4 is 40.1 Å². The highest BCUT2D eigenvalue weighted by Crippen LogP contribution is 2.29. The molecule has 206 valence electrons. The van der Waals surface area contributed by atoms with Crippen molar-refractivity contribution in [3.63, 3.8) is 0 Å². The van der Waals surface area contributed by atoms with Gasteiger partial charge >= 0.3 is 0 Å². The van der Waals surface area contributed by atoms with E-state index < -0.39 is 23.1 Å². The Labute approximate surface area is 226 Å². The Morgan fingerprint density at radius 2 is 1.90 bits per heavy atom. The fraction of sp³-hybridized carbons (Fsp3) is 0.231. The predicted octanol–water partition coefficient (Wildman–Crippen LogP) is 1.83. The molecule has 12 nitrogen and oxygen atoms in total. The van der Waals surface area contributed by atoms with Crippen molar-refractivity contribution in [3.8, 4) is 5.69 Å². The van der Waals surface area contributed by atoms with E-state index in [1.54, 1.807) is 17.0 Å². The average molecular weight is 550 g/mol. The van der Waals surface area contributed by atoms with Gasteiger partial charge in [-0.3, -0.25) is 19.1 Å². The Balaban J connectivity index is 1.44. The van der Waals surface area contributed by atoms with Crippen LogP contribution in [0.4, 0.5) is 31.9 Å². The molecule has 0 bridgehead atoms. The summed E-state index contributed by atoms with van der Waals surface area (Å²) in [6, 6.07) is 6.04. The first-order chi connectivity index (χ1) is 19.4. The molecule has 4 heterocycles. The Morgan fingerprint density at radius 3 is 2.65 bits per heavy atom. The number of amides is 1. The Kier molecular flexibility index (Phi) is 7.70. The molecule has 0 radical (unpaired) electrons. The molecule has 40 heavy (non-hydrogen) atoms. The van der Waals surface area contributed by atoms with E-state index in [1.807, 2.05) is 0 Å². The number of fused-ring (bicyclic) bond motifs is 1. The number of aromatic nitrogens is 5. The van der Waals surface area contributed by atoms with Crippen LogP contribution in [0.5, 0.6) is 0 Å². The largest absolute Gasteiger partial charge is 0.395 e. The lowest BCUT2D eigenvalue weighted by atomic mass is 10.2. The predicted molar refractivity (Wildman–Crippen MR) is 145 cm³/mol. The van der Waals surface area contributed by atoms with E-state index in [1.165, 1.54) is 35.4 Å². The number of rotatable bonds is 8. The second-order valence-corrected chi connectivity index (χ2v) is 8.88. The average Bonchev–Trinajstić information content (AvgIpc) is 2.96. The standard InChI is InChI=1S/C26H25F2N9O3/c1-2-21(39)33-20-13-16(5-6-29-20)37-15-31-25(40)17-14-30-26(34-24(17)37)32-18-3-4-19(23(28)22(18)27)36-9-7-35(8-10-36)11-12-38/h2-6,13-15,38H,1,7-12H2,(H,29,33,39)(H,30,32,34). The van der Waals surface area contributed by atoms with Gasteiger partial charge in [-0.2, -0.15) is 9.97 Å². The molecular weight excluding hydrogens is 524 g/mol. The highest BCUT2D eigenvalue weighted by molar-refractivity contribution is 5.98. The van der Waals surface area contributed by atoms with Crippen molar-refractivity contribution in [3.05, 3.63) is 77.6 Å². The zero-order valence-electron chi connectivity index (χ0n) is 21.2. The molecule has 5 rings (SSSR count). The molecule has 0 aliphatic carbocycles. The summed E-state index contributed by atoms with van der Waals surface area (Å²) in [4.78, 5) is 44.3. The zero-order chi connectivity index (χ0) is 28.2. The summed E-state index contributed by atoms with van der Waals surface area (Å²) in [5.41, 5.74) is -0.00305. The Bertz CT molecular complexity index is 1640. The van der Waals surface area contributed by atoms with Crippen LogP contribution in [-0.2, 0) is 4.79 Å². The molecule has 1 aromatic carbocycles.